The monoisotopic (exact) mass is 337 g/mol. The summed E-state index contributed by atoms with van der Waals surface area (Å²) in [6.07, 6.45) is 3.43. The molecule has 0 bridgehead atoms. The van der Waals surface area contributed by atoms with Gasteiger partial charge >= 0.3 is 0 Å². The molecule has 0 fully saturated rings. The largest absolute Gasteiger partial charge is 0.507 e. The number of phenols is 1. The highest BCUT2D eigenvalue weighted by molar-refractivity contribution is 5.83. The number of carbonyl (C=O) groups is 1. The van der Waals surface area contributed by atoms with E-state index < -0.39 is 5.82 Å². The van der Waals surface area contributed by atoms with Crippen LogP contribution < -0.4 is 4.90 Å². The highest BCUT2D eigenvalue weighted by atomic mass is 19.1. The van der Waals surface area contributed by atoms with Crippen molar-refractivity contribution in [2.75, 3.05) is 11.9 Å². The van der Waals surface area contributed by atoms with E-state index in [0.29, 0.717) is 34.7 Å². The van der Waals surface area contributed by atoms with Gasteiger partial charge in [-0.25, -0.2) is 9.37 Å². The van der Waals surface area contributed by atoms with Gasteiger partial charge < -0.3 is 10.0 Å². The maximum absolute atomic E-state index is 13.1. The van der Waals surface area contributed by atoms with Gasteiger partial charge in [-0.15, -0.1) is 0 Å². The lowest BCUT2D eigenvalue weighted by atomic mass is 10.0. The van der Waals surface area contributed by atoms with Crippen molar-refractivity contribution in [3.05, 3.63) is 71.8 Å². The fraction of sp³-hybridized carbons (Fsp3) is 0.105. The Morgan fingerprint density at radius 2 is 1.96 bits per heavy atom. The van der Waals surface area contributed by atoms with Crippen LogP contribution in [0.3, 0.4) is 0 Å². The topological polar surface area (TPSA) is 66.3 Å². The minimum atomic E-state index is -0.415. The van der Waals surface area contributed by atoms with Crippen LogP contribution in [0.5, 0.6) is 5.75 Å². The van der Waals surface area contributed by atoms with Crippen molar-refractivity contribution in [3.8, 4) is 17.0 Å². The number of hydrogen-bond acceptors (Lipinski definition) is 5. The summed E-state index contributed by atoms with van der Waals surface area (Å²) in [5.41, 5.74) is 2.20. The number of carbonyl (C=O) groups excluding carboxylic acids is 1. The molecule has 1 aromatic carbocycles. The van der Waals surface area contributed by atoms with E-state index in [9.17, 15) is 14.3 Å². The smallest absolute Gasteiger partial charge is 0.150 e. The third-order valence-corrected chi connectivity index (χ3v) is 3.88. The highest BCUT2D eigenvalue weighted by Gasteiger charge is 2.16. The Balaban J connectivity index is 2.04. The second kappa shape index (κ2) is 7.09. The molecule has 126 valence electrons. The molecule has 6 heteroatoms. The van der Waals surface area contributed by atoms with Crippen LogP contribution in [-0.4, -0.2) is 28.4 Å². The number of aromatic nitrogens is 2. The second-order valence-corrected chi connectivity index (χ2v) is 5.55. The zero-order valence-electron chi connectivity index (χ0n) is 13.6. The molecular formula is C19H16FN3O2. The molecule has 5 nitrogen and oxygen atoms in total. The summed E-state index contributed by atoms with van der Waals surface area (Å²) >= 11 is 0. The normalized spacial score (nSPS) is 10.5. The number of aromatic hydroxyl groups is 1. The van der Waals surface area contributed by atoms with E-state index in [-0.39, 0.29) is 5.75 Å². The number of benzene rings is 1. The first kappa shape index (κ1) is 16.6. The molecule has 3 aromatic rings. The van der Waals surface area contributed by atoms with E-state index in [4.69, 9.17) is 0 Å². The molecule has 25 heavy (non-hydrogen) atoms. The standard InChI is InChI=1S/C19H16FN3O2/c1-23(18-7-6-14(20)10-22-18)11-16-13(12-24)8-9-21-19(16)15-4-2-3-5-17(15)25/h2-10,12,25H,11H2,1H3. The SMILES string of the molecule is CN(Cc1c(C=O)ccnc1-c1ccccc1O)c1ccc(F)cn1. The lowest BCUT2D eigenvalue weighted by Crippen LogP contribution is -2.19. The first-order chi connectivity index (χ1) is 12.1. The number of anilines is 1. The zero-order chi connectivity index (χ0) is 17.8. The Hall–Kier alpha value is -3.28. The Bertz CT molecular complexity index is 897. The molecule has 1 N–H and O–H groups in total. The predicted molar refractivity (Wildman–Crippen MR) is 93.0 cm³/mol. The molecule has 0 saturated heterocycles. The van der Waals surface area contributed by atoms with Crippen LogP contribution in [-0.2, 0) is 6.54 Å². The van der Waals surface area contributed by atoms with Gasteiger partial charge in [0.1, 0.15) is 17.4 Å². The molecule has 0 aliphatic carbocycles. The van der Waals surface area contributed by atoms with Crippen LogP contribution in [0.4, 0.5) is 10.2 Å². The van der Waals surface area contributed by atoms with Crippen LogP contribution >= 0.6 is 0 Å². The predicted octanol–water partition coefficient (Wildman–Crippen LogP) is 3.44. The average molecular weight is 337 g/mol. The summed E-state index contributed by atoms with van der Waals surface area (Å²) < 4.78 is 13.1. The molecule has 0 aliphatic rings. The van der Waals surface area contributed by atoms with Crippen LogP contribution in [0.2, 0.25) is 0 Å². The number of halogens is 1. The Kier molecular flexibility index (Phi) is 4.70. The highest BCUT2D eigenvalue weighted by Crippen LogP contribution is 2.31. The van der Waals surface area contributed by atoms with Crippen molar-refractivity contribution < 1.29 is 14.3 Å². The maximum Gasteiger partial charge on any atom is 0.150 e. The van der Waals surface area contributed by atoms with Crippen LogP contribution in [0.15, 0.2) is 54.9 Å². The number of hydrogen-bond donors (Lipinski definition) is 1. The molecule has 0 atom stereocenters. The third kappa shape index (κ3) is 3.47. The first-order valence-electron chi connectivity index (χ1n) is 7.64. The summed E-state index contributed by atoms with van der Waals surface area (Å²) in [5.74, 6) is 0.231. The Morgan fingerprint density at radius 1 is 1.16 bits per heavy atom. The molecule has 0 radical (unpaired) electrons. The molecule has 0 amide bonds. The minimum absolute atomic E-state index is 0.0851. The van der Waals surface area contributed by atoms with Crippen molar-refractivity contribution in [1.82, 2.24) is 9.97 Å². The summed E-state index contributed by atoms with van der Waals surface area (Å²) in [5, 5.41) is 10.1. The van der Waals surface area contributed by atoms with Crippen molar-refractivity contribution in [3.63, 3.8) is 0 Å². The van der Waals surface area contributed by atoms with Crippen molar-refractivity contribution in [2.45, 2.75) is 6.54 Å². The maximum atomic E-state index is 13.1. The molecule has 0 aliphatic heterocycles. The van der Waals surface area contributed by atoms with Gasteiger partial charge in [0, 0.05) is 36.5 Å². The Labute approximate surface area is 144 Å². The quantitative estimate of drug-likeness (QED) is 0.723. The van der Waals surface area contributed by atoms with E-state index in [0.717, 1.165) is 12.5 Å². The van der Waals surface area contributed by atoms with Gasteiger partial charge in [0.25, 0.3) is 0 Å². The number of phenolic OH excluding ortho intramolecular Hbond substituents is 1. The van der Waals surface area contributed by atoms with Gasteiger partial charge in [-0.2, -0.15) is 0 Å². The number of pyridine rings is 2. The summed E-state index contributed by atoms with van der Waals surface area (Å²) in [6.45, 7) is 0.324. The van der Waals surface area contributed by atoms with Crippen molar-refractivity contribution in [1.29, 1.82) is 0 Å². The summed E-state index contributed by atoms with van der Waals surface area (Å²) in [4.78, 5) is 21.7. The number of para-hydroxylation sites is 1. The Morgan fingerprint density at radius 3 is 2.64 bits per heavy atom. The van der Waals surface area contributed by atoms with Gasteiger partial charge in [-0.3, -0.25) is 9.78 Å². The second-order valence-electron chi connectivity index (χ2n) is 5.55. The molecule has 0 spiro atoms. The molecule has 2 heterocycles. The zero-order valence-corrected chi connectivity index (χ0v) is 13.6. The average Bonchev–Trinajstić information content (AvgIpc) is 2.63. The van der Waals surface area contributed by atoms with Crippen LogP contribution in [0.1, 0.15) is 15.9 Å². The van der Waals surface area contributed by atoms with Gasteiger partial charge in [0.15, 0.2) is 6.29 Å². The van der Waals surface area contributed by atoms with Gasteiger partial charge in [0.05, 0.1) is 11.9 Å². The van der Waals surface area contributed by atoms with Gasteiger partial charge in [-0.05, 0) is 30.3 Å². The summed E-state index contributed by atoms with van der Waals surface area (Å²) in [7, 11) is 1.79. The van der Waals surface area contributed by atoms with E-state index in [1.807, 2.05) is 0 Å². The third-order valence-electron chi connectivity index (χ3n) is 3.88. The molecule has 2 aromatic heterocycles. The van der Waals surface area contributed by atoms with Gasteiger partial charge in [0.2, 0.25) is 0 Å². The molecule has 0 unspecified atom stereocenters. The van der Waals surface area contributed by atoms with Crippen molar-refractivity contribution >= 4 is 12.1 Å². The van der Waals surface area contributed by atoms with Crippen molar-refractivity contribution in [2.24, 2.45) is 0 Å². The molecule has 3 rings (SSSR count). The molecular weight excluding hydrogens is 321 g/mol. The van der Waals surface area contributed by atoms with Gasteiger partial charge in [-0.1, -0.05) is 12.1 Å². The van der Waals surface area contributed by atoms with Crippen LogP contribution in [0.25, 0.3) is 11.3 Å². The molecule has 0 saturated carbocycles. The van der Waals surface area contributed by atoms with E-state index in [1.165, 1.54) is 12.3 Å². The first-order valence-corrected chi connectivity index (χ1v) is 7.64. The fourth-order valence-corrected chi connectivity index (χ4v) is 2.60. The minimum Gasteiger partial charge on any atom is -0.507 e. The van der Waals surface area contributed by atoms with E-state index >= 15 is 0 Å². The lowest BCUT2D eigenvalue weighted by molar-refractivity contribution is 0.112. The van der Waals surface area contributed by atoms with E-state index in [1.54, 1.807) is 48.3 Å². The lowest BCUT2D eigenvalue weighted by Gasteiger charge is -2.21. The van der Waals surface area contributed by atoms with Crippen LogP contribution in [0, 0.1) is 5.82 Å². The fourth-order valence-electron chi connectivity index (χ4n) is 2.60. The number of nitrogens with zero attached hydrogens (tertiary/aromatic N) is 3. The number of rotatable bonds is 5. The van der Waals surface area contributed by atoms with E-state index in [2.05, 4.69) is 9.97 Å². The number of aldehydes is 1. The summed E-state index contributed by atoms with van der Waals surface area (Å²) in [6, 6.07) is 11.3.